The van der Waals surface area contributed by atoms with Gasteiger partial charge in [0.1, 0.15) is 5.75 Å². The molecule has 0 saturated carbocycles. The van der Waals surface area contributed by atoms with Crippen LogP contribution in [0.2, 0.25) is 0 Å². The quantitative estimate of drug-likeness (QED) is 0.371. The number of methoxy groups -OCH3 is 2. The molecular formula is C28H30N2O7. The smallest absolute Gasteiger partial charge is 0.338 e. The normalized spacial score (nSPS) is 10.3. The van der Waals surface area contributed by atoms with Crippen LogP contribution in [-0.4, -0.2) is 45.2 Å². The first-order valence-electron chi connectivity index (χ1n) is 11.6. The van der Waals surface area contributed by atoms with Crippen LogP contribution in [0.15, 0.2) is 60.7 Å². The molecule has 9 heteroatoms. The number of hydrogen-bond donors (Lipinski definition) is 2. The number of ether oxygens (including phenoxy) is 4. The Morgan fingerprint density at radius 2 is 1.51 bits per heavy atom. The van der Waals surface area contributed by atoms with E-state index in [0.717, 1.165) is 23.2 Å². The van der Waals surface area contributed by atoms with Gasteiger partial charge in [-0.1, -0.05) is 37.3 Å². The lowest BCUT2D eigenvalue weighted by Crippen LogP contribution is -2.22. The maximum atomic E-state index is 12.5. The highest BCUT2D eigenvalue weighted by molar-refractivity contribution is 5.97. The van der Waals surface area contributed by atoms with Gasteiger partial charge in [0.25, 0.3) is 11.8 Å². The number of carbonyl (C=O) groups is 3. The lowest BCUT2D eigenvalue weighted by Gasteiger charge is -2.14. The summed E-state index contributed by atoms with van der Waals surface area (Å²) >= 11 is 0. The maximum Gasteiger partial charge on any atom is 0.338 e. The van der Waals surface area contributed by atoms with Crippen molar-refractivity contribution in [2.24, 2.45) is 0 Å². The van der Waals surface area contributed by atoms with Crippen LogP contribution in [0.5, 0.6) is 17.2 Å². The van der Waals surface area contributed by atoms with Crippen molar-refractivity contribution in [3.05, 3.63) is 77.4 Å². The van der Waals surface area contributed by atoms with Crippen molar-refractivity contribution in [3.8, 4) is 17.2 Å². The number of para-hydroxylation sites is 3. The van der Waals surface area contributed by atoms with Crippen molar-refractivity contribution < 1.29 is 33.3 Å². The highest BCUT2D eigenvalue weighted by atomic mass is 16.5. The number of hydrogen-bond acceptors (Lipinski definition) is 7. The largest absolute Gasteiger partial charge is 0.495 e. The lowest BCUT2D eigenvalue weighted by molar-refractivity contribution is -0.119. The third kappa shape index (κ3) is 7.23. The van der Waals surface area contributed by atoms with E-state index < -0.39 is 24.4 Å². The van der Waals surface area contributed by atoms with Crippen LogP contribution in [0.3, 0.4) is 0 Å². The third-order valence-corrected chi connectivity index (χ3v) is 5.48. The Labute approximate surface area is 215 Å². The minimum Gasteiger partial charge on any atom is -0.495 e. The Morgan fingerprint density at radius 3 is 2.24 bits per heavy atom. The van der Waals surface area contributed by atoms with Crippen molar-refractivity contribution in [1.29, 1.82) is 0 Å². The molecule has 0 heterocycles. The first-order chi connectivity index (χ1) is 17.9. The van der Waals surface area contributed by atoms with Crippen LogP contribution in [0.4, 0.5) is 11.4 Å². The molecular weight excluding hydrogens is 476 g/mol. The van der Waals surface area contributed by atoms with E-state index >= 15 is 0 Å². The van der Waals surface area contributed by atoms with E-state index in [1.54, 1.807) is 24.3 Å². The average Bonchev–Trinajstić information content (AvgIpc) is 2.91. The molecule has 2 amide bonds. The molecule has 2 N–H and O–H groups in total. The molecule has 3 aromatic carbocycles. The fraction of sp³-hybridized carbons (Fsp3) is 0.250. The van der Waals surface area contributed by atoms with Gasteiger partial charge in [-0.05, 0) is 54.8 Å². The topological polar surface area (TPSA) is 112 Å². The van der Waals surface area contributed by atoms with Crippen molar-refractivity contribution in [2.45, 2.75) is 20.3 Å². The van der Waals surface area contributed by atoms with Gasteiger partial charge in [0.05, 0.1) is 25.5 Å². The van der Waals surface area contributed by atoms with Gasteiger partial charge in [0, 0.05) is 5.69 Å². The molecule has 0 spiro atoms. The molecule has 3 aromatic rings. The molecule has 3 rings (SSSR count). The molecule has 0 fully saturated rings. The van der Waals surface area contributed by atoms with E-state index in [0.29, 0.717) is 11.4 Å². The second-order valence-corrected chi connectivity index (χ2v) is 7.99. The van der Waals surface area contributed by atoms with Crippen molar-refractivity contribution in [1.82, 2.24) is 0 Å². The second-order valence-electron chi connectivity index (χ2n) is 7.99. The Bertz CT molecular complexity index is 1270. The Hall–Kier alpha value is -4.53. The molecule has 37 heavy (non-hydrogen) atoms. The predicted molar refractivity (Wildman–Crippen MR) is 140 cm³/mol. The van der Waals surface area contributed by atoms with Gasteiger partial charge in [-0.25, -0.2) is 4.79 Å². The standard InChI is InChI=1S/C28H30N2O7/c1-5-19-10-8-9-18(2)27(19)30-26(32)17-37-28(33)20-13-14-23(24(15-20)35-4)36-16-25(31)29-21-11-6-7-12-22(21)34-3/h6-15H,5,16-17H2,1-4H3,(H,29,31)(H,30,32). The number of carbonyl (C=O) groups excluding carboxylic acids is 3. The first kappa shape index (κ1) is 27.1. The van der Waals surface area contributed by atoms with Gasteiger partial charge in [0.15, 0.2) is 24.7 Å². The van der Waals surface area contributed by atoms with Crippen molar-refractivity contribution in [2.75, 3.05) is 38.1 Å². The second kappa shape index (κ2) is 13.0. The molecule has 0 bridgehead atoms. The van der Waals surface area contributed by atoms with Crippen molar-refractivity contribution in [3.63, 3.8) is 0 Å². The molecule has 0 aliphatic carbocycles. The van der Waals surface area contributed by atoms with E-state index in [1.165, 1.54) is 32.4 Å². The van der Waals surface area contributed by atoms with Gasteiger partial charge in [0.2, 0.25) is 0 Å². The molecule has 0 atom stereocenters. The molecule has 0 saturated heterocycles. The van der Waals surface area contributed by atoms with Gasteiger partial charge in [-0.15, -0.1) is 0 Å². The number of rotatable bonds is 11. The molecule has 9 nitrogen and oxygen atoms in total. The zero-order valence-corrected chi connectivity index (χ0v) is 21.3. The van der Waals surface area contributed by atoms with Gasteiger partial charge >= 0.3 is 5.97 Å². The van der Waals surface area contributed by atoms with Gasteiger partial charge < -0.3 is 29.6 Å². The number of esters is 1. The monoisotopic (exact) mass is 506 g/mol. The van der Waals surface area contributed by atoms with E-state index in [4.69, 9.17) is 18.9 Å². The molecule has 0 aliphatic rings. The Morgan fingerprint density at radius 1 is 0.784 bits per heavy atom. The van der Waals surface area contributed by atoms with E-state index in [9.17, 15) is 14.4 Å². The van der Waals surface area contributed by atoms with Crippen LogP contribution in [-0.2, 0) is 20.7 Å². The predicted octanol–water partition coefficient (Wildman–Crippen LogP) is 4.39. The lowest BCUT2D eigenvalue weighted by atomic mass is 10.1. The van der Waals surface area contributed by atoms with Crippen LogP contribution >= 0.6 is 0 Å². The summed E-state index contributed by atoms with van der Waals surface area (Å²) in [5.74, 6) is -0.523. The summed E-state index contributed by atoms with van der Waals surface area (Å²) < 4.78 is 21.3. The number of benzene rings is 3. The van der Waals surface area contributed by atoms with Crippen LogP contribution in [0, 0.1) is 6.92 Å². The summed E-state index contributed by atoms with van der Waals surface area (Å²) in [6.45, 7) is 3.16. The molecule has 0 radical (unpaired) electrons. The molecule has 194 valence electrons. The summed E-state index contributed by atoms with van der Waals surface area (Å²) in [4.78, 5) is 37.2. The summed E-state index contributed by atoms with van der Waals surface area (Å²) in [7, 11) is 2.92. The zero-order valence-electron chi connectivity index (χ0n) is 21.3. The highest BCUT2D eigenvalue weighted by Crippen LogP contribution is 2.29. The van der Waals surface area contributed by atoms with Crippen LogP contribution in [0.1, 0.15) is 28.4 Å². The SMILES string of the molecule is CCc1cccc(C)c1NC(=O)COC(=O)c1ccc(OCC(=O)Nc2ccccc2OC)c(OC)c1. The molecule has 0 aromatic heterocycles. The van der Waals surface area contributed by atoms with E-state index in [2.05, 4.69) is 10.6 Å². The number of nitrogens with one attached hydrogen (secondary N) is 2. The van der Waals surface area contributed by atoms with Crippen LogP contribution < -0.4 is 24.8 Å². The summed E-state index contributed by atoms with van der Waals surface area (Å²) in [5, 5.41) is 5.53. The average molecular weight is 507 g/mol. The van der Waals surface area contributed by atoms with Gasteiger partial charge in [-0.2, -0.15) is 0 Å². The number of anilines is 2. The zero-order chi connectivity index (χ0) is 26.8. The van der Waals surface area contributed by atoms with Gasteiger partial charge in [-0.3, -0.25) is 9.59 Å². The Kier molecular flexibility index (Phi) is 9.48. The highest BCUT2D eigenvalue weighted by Gasteiger charge is 2.16. The minimum atomic E-state index is -0.700. The minimum absolute atomic E-state index is 0.167. The van der Waals surface area contributed by atoms with Crippen LogP contribution in [0.25, 0.3) is 0 Å². The maximum absolute atomic E-state index is 12.5. The first-order valence-corrected chi connectivity index (χ1v) is 11.6. The fourth-order valence-corrected chi connectivity index (χ4v) is 3.58. The summed E-state index contributed by atoms with van der Waals surface area (Å²) in [5.41, 5.74) is 3.33. The summed E-state index contributed by atoms with van der Waals surface area (Å²) in [6.07, 6.45) is 0.757. The van der Waals surface area contributed by atoms with E-state index in [1.807, 2.05) is 32.0 Å². The molecule has 0 unspecified atom stereocenters. The number of amides is 2. The number of aryl methyl sites for hydroxylation is 2. The summed E-state index contributed by atoms with van der Waals surface area (Å²) in [6, 6.07) is 17.1. The molecule has 0 aliphatic heterocycles. The Balaban J connectivity index is 1.56. The van der Waals surface area contributed by atoms with Crippen molar-refractivity contribution >= 4 is 29.2 Å². The fourth-order valence-electron chi connectivity index (χ4n) is 3.58. The third-order valence-electron chi connectivity index (χ3n) is 5.48. The van der Waals surface area contributed by atoms with E-state index in [-0.39, 0.29) is 23.7 Å².